The van der Waals surface area contributed by atoms with Crippen LogP contribution in [0, 0.1) is 0 Å². The Morgan fingerprint density at radius 1 is 0.917 bits per heavy atom. The van der Waals surface area contributed by atoms with Crippen LogP contribution >= 0.6 is 0 Å². The minimum atomic E-state index is -0.478. The Hall–Kier alpha value is 0.177. The van der Waals surface area contributed by atoms with Gasteiger partial charge in [0.05, 0.1) is 0 Å². The third-order valence-electron chi connectivity index (χ3n) is 2.94. The molecule has 1 saturated heterocycles. The highest BCUT2D eigenvalue weighted by molar-refractivity contribution is 6.56. The maximum absolute atomic E-state index is 2.81. The number of nitrogens with zero attached hydrogens (tertiary/aromatic N) is 1. The van der Waals surface area contributed by atoms with E-state index < -0.39 is 8.96 Å². The lowest BCUT2D eigenvalue weighted by Crippen LogP contribution is -2.46. The van der Waals surface area contributed by atoms with Gasteiger partial charge in [-0.1, -0.05) is 40.5 Å². The predicted octanol–water partition coefficient (Wildman–Crippen LogP) is 2.62. The van der Waals surface area contributed by atoms with Gasteiger partial charge in [-0.2, -0.15) is 0 Å². The van der Waals surface area contributed by atoms with Gasteiger partial charge in [-0.15, -0.1) is 0 Å². The number of rotatable bonds is 3. The highest BCUT2D eigenvalue weighted by Gasteiger charge is 2.27. The van der Waals surface area contributed by atoms with Crippen molar-refractivity contribution in [2.24, 2.45) is 0 Å². The van der Waals surface area contributed by atoms with Crippen LogP contribution in [0.5, 0.6) is 0 Å². The van der Waals surface area contributed by atoms with Crippen molar-refractivity contribution >= 4 is 8.96 Å². The summed E-state index contributed by atoms with van der Waals surface area (Å²) in [5.41, 5.74) is 0. The first kappa shape index (κ1) is 10.3. The lowest BCUT2D eigenvalue weighted by molar-refractivity contribution is 0.303. The molecule has 0 spiro atoms. The monoisotopic (exact) mass is 185 g/mol. The van der Waals surface area contributed by atoms with Gasteiger partial charge in [0.15, 0.2) is 0 Å². The SMILES string of the molecule is CC(C)N(C(C)C)[SiH]1CCCC1. The average Bonchev–Trinajstić information content (AvgIpc) is 2.37. The molecule has 1 rings (SSSR count). The van der Waals surface area contributed by atoms with Crippen molar-refractivity contribution in [1.29, 1.82) is 0 Å². The highest BCUT2D eigenvalue weighted by Crippen LogP contribution is 2.25. The first-order valence-electron chi connectivity index (χ1n) is 5.40. The molecular formula is C10H23NSi. The van der Waals surface area contributed by atoms with Gasteiger partial charge in [0.2, 0.25) is 0 Å². The van der Waals surface area contributed by atoms with Gasteiger partial charge < -0.3 is 4.57 Å². The van der Waals surface area contributed by atoms with Crippen molar-refractivity contribution in [2.75, 3.05) is 0 Å². The van der Waals surface area contributed by atoms with Crippen molar-refractivity contribution in [3.63, 3.8) is 0 Å². The maximum atomic E-state index is 2.81. The topological polar surface area (TPSA) is 3.24 Å². The Morgan fingerprint density at radius 2 is 1.33 bits per heavy atom. The van der Waals surface area contributed by atoms with Gasteiger partial charge in [-0.25, -0.2) is 0 Å². The largest absolute Gasteiger partial charge is 0.322 e. The highest BCUT2D eigenvalue weighted by atomic mass is 28.3. The summed E-state index contributed by atoms with van der Waals surface area (Å²) in [4.78, 5) is 0. The van der Waals surface area contributed by atoms with Crippen molar-refractivity contribution in [3.8, 4) is 0 Å². The molecule has 72 valence electrons. The van der Waals surface area contributed by atoms with Crippen LogP contribution in [0.2, 0.25) is 12.1 Å². The summed E-state index contributed by atoms with van der Waals surface area (Å²) in [6.07, 6.45) is 3.01. The van der Waals surface area contributed by atoms with E-state index in [-0.39, 0.29) is 0 Å². The molecule has 0 N–H and O–H groups in total. The minimum Gasteiger partial charge on any atom is -0.322 e. The zero-order chi connectivity index (χ0) is 9.14. The molecule has 0 amide bonds. The minimum absolute atomic E-state index is 0.478. The lowest BCUT2D eigenvalue weighted by atomic mass is 10.3. The molecule has 2 heteroatoms. The Labute approximate surface area is 78.8 Å². The Kier molecular flexibility index (Phi) is 3.78. The molecule has 0 unspecified atom stereocenters. The van der Waals surface area contributed by atoms with Gasteiger partial charge in [-0.3, -0.25) is 0 Å². The maximum Gasteiger partial charge on any atom is 0.112 e. The average molecular weight is 185 g/mol. The number of hydrogen-bond donors (Lipinski definition) is 0. The van der Waals surface area contributed by atoms with Crippen molar-refractivity contribution in [3.05, 3.63) is 0 Å². The molecule has 0 saturated carbocycles. The standard InChI is InChI=1S/C10H23NSi/c1-9(2)11(10(3)4)12-7-5-6-8-12/h9-10,12H,5-8H2,1-4H3. The Bertz CT molecular complexity index is 120. The van der Waals surface area contributed by atoms with Crippen LogP contribution in [0.25, 0.3) is 0 Å². The molecule has 0 aromatic carbocycles. The summed E-state index contributed by atoms with van der Waals surface area (Å²) in [6.45, 7) is 9.41. The van der Waals surface area contributed by atoms with Gasteiger partial charge >= 0.3 is 0 Å². The number of hydrogen-bond acceptors (Lipinski definition) is 1. The van der Waals surface area contributed by atoms with Crippen LogP contribution in [0.4, 0.5) is 0 Å². The second kappa shape index (κ2) is 4.42. The molecule has 0 aromatic rings. The molecular weight excluding hydrogens is 162 g/mol. The second-order valence-electron chi connectivity index (χ2n) is 4.57. The fraction of sp³-hybridized carbons (Fsp3) is 1.00. The zero-order valence-corrected chi connectivity index (χ0v) is 10.2. The van der Waals surface area contributed by atoms with Crippen molar-refractivity contribution < 1.29 is 0 Å². The molecule has 0 bridgehead atoms. The van der Waals surface area contributed by atoms with E-state index in [2.05, 4.69) is 32.3 Å². The smallest absolute Gasteiger partial charge is 0.112 e. The van der Waals surface area contributed by atoms with Crippen LogP contribution in [0.3, 0.4) is 0 Å². The van der Waals surface area contributed by atoms with E-state index in [1.54, 1.807) is 12.1 Å². The molecule has 1 heterocycles. The normalized spacial score (nSPS) is 20.2. The van der Waals surface area contributed by atoms with E-state index in [0.717, 1.165) is 12.1 Å². The van der Waals surface area contributed by atoms with Crippen LogP contribution in [-0.2, 0) is 0 Å². The van der Waals surface area contributed by atoms with E-state index in [9.17, 15) is 0 Å². The summed E-state index contributed by atoms with van der Waals surface area (Å²) in [6, 6.07) is 4.69. The first-order chi connectivity index (χ1) is 5.63. The fourth-order valence-corrected chi connectivity index (χ4v) is 6.73. The van der Waals surface area contributed by atoms with Gasteiger partial charge in [0, 0.05) is 0 Å². The Balaban J connectivity index is 2.52. The van der Waals surface area contributed by atoms with E-state index >= 15 is 0 Å². The van der Waals surface area contributed by atoms with Crippen molar-refractivity contribution in [2.45, 2.75) is 64.7 Å². The van der Waals surface area contributed by atoms with E-state index in [1.165, 1.54) is 12.8 Å². The van der Waals surface area contributed by atoms with Crippen LogP contribution in [-0.4, -0.2) is 25.6 Å². The van der Waals surface area contributed by atoms with Crippen LogP contribution in [0.15, 0.2) is 0 Å². The molecule has 1 aliphatic rings. The molecule has 0 radical (unpaired) electrons. The van der Waals surface area contributed by atoms with Gasteiger partial charge in [-0.05, 0) is 24.2 Å². The quantitative estimate of drug-likeness (QED) is 0.611. The summed E-state index contributed by atoms with van der Waals surface area (Å²) in [7, 11) is -0.478. The molecule has 12 heavy (non-hydrogen) atoms. The van der Waals surface area contributed by atoms with Crippen LogP contribution < -0.4 is 0 Å². The van der Waals surface area contributed by atoms with E-state index in [1.807, 2.05) is 0 Å². The summed E-state index contributed by atoms with van der Waals surface area (Å²) in [5.74, 6) is 0. The first-order valence-corrected chi connectivity index (χ1v) is 7.55. The Morgan fingerprint density at radius 3 is 1.67 bits per heavy atom. The molecule has 1 fully saturated rings. The molecule has 1 nitrogen and oxygen atoms in total. The molecule has 0 aromatic heterocycles. The fourth-order valence-electron chi connectivity index (χ4n) is 2.64. The molecule has 0 atom stereocenters. The van der Waals surface area contributed by atoms with E-state index in [0.29, 0.717) is 0 Å². The van der Waals surface area contributed by atoms with E-state index in [4.69, 9.17) is 0 Å². The summed E-state index contributed by atoms with van der Waals surface area (Å²) < 4.78 is 2.81. The summed E-state index contributed by atoms with van der Waals surface area (Å²) >= 11 is 0. The summed E-state index contributed by atoms with van der Waals surface area (Å²) in [5, 5.41) is 0. The van der Waals surface area contributed by atoms with Crippen LogP contribution in [0.1, 0.15) is 40.5 Å². The second-order valence-corrected chi connectivity index (χ2v) is 7.63. The van der Waals surface area contributed by atoms with Gasteiger partial charge in [0.25, 0.3) is 0 Å². The molecule has 0 aliphatic carbocycles. The molecule has 1 aliphatic heterocycles. The predicted molar refractivity (Wildman–Crippen MR) is 58.1 cm³/mol. The third kappa shape index (κ3) is 2.33. The lowest BCUT2D eigenvalue weighted by Gasteiger charge is -2.35. The zero-order valence-electron chi connectivity index (χ0n) is 9.01. The van der Waals surface area contributed by atoms with Crippen molar-refractivity contribution in [1.82, 2.24) is 4.57 Å². The third-order valence-corrected chi connectivity index (χ3v) is 7.12. The van der Waals surface area contributed by atoms with Gasteiger partial charge in [0.1, 0.15) is 8.96 Å².